The third-order valence-electron chi connectivity index (χ3n) is 5.22. The molecule has 0 aliphatic heterocycles. The Kier molecular flexibility index (Phi) is 6.75. The van der Waals surface area contributed by atoms with E-state index < -0.39 is 33.5 Å². The number of ether oxygens (including phenoxy) is 1. The van der Waals surface area contributed by atoms with Crippen molar-refractivity contribution in [3.63, 3.8) is 0 Å². The number of aromatic nitrogens is 1. The van der Waals surface area contributed by atoms with Crippen LogP contribution in [0.3, 0.4) is 0 Å². The van der Waals surface area contributed by atoms with E-state index >= 15 is 0 Å². The number of alkyl halides is 3. The Labute approximate surface area is 194 Å². The lowest BCUT2D eigenvalue weighted by Crippen LogP contribution is -2.20. The molecule has 0 N–H and O–H groups in total. The molecule has 0 spiro atoms. The van der Waals surface area contributed by atoms with Crippen molar-refractivity contribution in [2.24, 2.45) is 0 Å². The maximum absolute atomic E-state index is 14.1. The van der Waals surface area contributed by atoms with Crippen LogP contribution >= 0.6 is 0 Å². The molecule has 10 heteroatoms. The standard InChI is InChI=1S/C24H21F4NO4S/c1-5-33-23(30)22-16(4)19(13-29(22)34(31,32)18-9-6-14(2)7-10-18)15(3)17-8-11-20(21(25)12-17)24(26,27)28/h6-13H,3,5H2,1-2,4H3. The second kappa shape index (κ2) is 9.09. The van der Waals surface area contributed by atoms with Crippen LogP contribution in [0.15, 0.2) is 60.1 Å². The van der Waals surface area contributed by atoms with Crippen molar-refractivity contribution in [2.45, 2.75) is 31.8 Å². The fraction of sp³-hybridized carbons (Fsp3) is 0.208. The molecule has 0 atom stereocenters. The topological polar surface area (TPSA) is 65.4 Å². The van der Waals surface area contributed by atoms with Crippen LogP contribution in [0.4, 0.5) is 17.6 Å². The lowest BCUT2D eigenvalue weighted by atomic mass is 9.97. The predicted octanol–water partition coefficient (Wildman–Crippen LogP) is 5.74. The minimum atomic E-state index is -4.87. The Morgan fingerprint density at radius 1 is 1.09 bits per heavy atom. The second-order valence-corrected chi connectivity index (χ2v) is 9.34. The van der Waals surface area contributed by atoms with Gasteiger partial charge in [0.2, 0.25) is 0 Å². The minimum absolute atomic E-state index is 0.00565. The first kappa shape index (κ1) is 25.2. The molecule has 0 aliphatic carbocycles. The number of hydrogen-bond acceptors (Lipinski definition) is 4. The van der Waals surface area contributed by atoms with Crippen molar-refractivity contribution >= 4 is 21.6 Å². The van der Waals surface area contributed by atoms with E-state index in [1.807, 2.05) is 0 Å². The molecule has 180 valence electrons. The van der Waals surface area contributed by atoms with Crippen LogP contribution in [-0.4, -0.2) is 25.0 Å². The maximum Gasteiger partial charge on any atom is 0.419 e. The summed E-state index contributed by atoms with van der Waals surface area (Å²) in [4.78, 5) is 12.6. The van der Waals surface area contributed by atoms with E-state index in [9.17, 15) is 30.8 Å². The summed E-state index contributed by atoms with van der Waals surface area (Å²) in [6, 6.07) is 8.24. The molecule has 34 heavy (non-hydrogen) atoms. The highest BCUT2D eigenvalue weighted by Gasteiger charge is 2.34. The summed E-state index contributed by atoms with van der Waals surface area (Å²) in [5, 5.41) is 0. The molecule has 2 aromatic carbocycles. The van der Waals surface area contributed by atoms with Gasteiger partial charge < -0.3 is 4.74 Å². The normalized spacial score (nSPS) is 12.0. The summed E-state index contributed by atoms with van der Waals surface area (Å²) < 4.78 is 85.4. The van der Waals surface area contributed by atoms with E-state index in [4.69, 9.17) is 4.74 Å². The highest BCUT2D eigenvalue weighted by atomic mass is 32.2. The molecular weight excluding hydrogens is 474 g/mol. The Bertz CT molecular complexity index is 1370. The zero-order valence-corrected chi connectivity index (χ0v) is 19.3. The SMILES string of the molecule is C=C(c1ccc(C(F)(F)F)c(F)c1)c1cn(S(=O)(=O)c2ccc(C)cc2)c(C(=O)OCC)c1C. The molecule has 1 aromatic heterocycles. The number of benzene rings is 2. The van der Waals surface area contributed by atoms with Gasteiger partial charge in [-0.1, -0.05) is 30.3 Å². The first-order valence-electron chi connectivity index (χ1n) is 10.1. The van der Waals surface area contributed by atoms with Gasteiger partial charge in [0.05, 0.1) is 17.1 Å². The van der Waals surface area contributed by atoms with Crippen molar-refractivity contribution < 1.29 is 35.5 Å². The fourth-order valence-electron chi connectivity index (χ4n) is 3.42. The van der Waals surface area contributed by atoms with E-state index in [1.165, 1.54) is 19.1 Å². The molecule has 0 aliphatic rings. The van der Waals surface area contributed by atoms with Gasteiger partial charge in [0.25, 0.3) is 10.0 Å². The summed E-state index contributed by atoms with van der Waals surface area (Å²) in [7, 11) is -4.25. The van der Waals surface area contributed by atoms with Crippen LogP contribution in [0.25, 0.3) is 5.57 Å². The van der Waals surface area contributed by atoms with Gasteiger partial charge in [0.15, 0.2) is 0 Å². The minimum Gasteiger partial charge on any atom is -0.461 e. The van der Waals surface area contributed by atoms with Crippen LogP contribution < -0.4 is 0 Å². The Balaban J connectivity index is 2.18. The van der Waals surface area contributed by atoms with Gasteiger partial charge in [0.1, 0.15) is 11.5 Å². The maximum atomic E-state index is 14.1. The summed E-state index contributed by atoms with van der Waals surface area (Å²) in [6.07, 6.45) is -3.74. The second-order valence-electron chi connectivity index (χ2n) is 7.52. The first-order valence-corrected chi connectivity index (χ1v) is 11.5. The largest absolute Gasteiger partial charge is 0.461 e. The third kappa shape index (κ3) is 4.63. The average molecular weight is 495 g/mol. The van der Waals surface area contributed by atoms with E-state index in [0.29, 0.717) is 12.1 Å². The summed E-state index contributed by atoms with van der Waals surface area (Å²) in [6.45, 7) is 8.58. The summed E-state index contributed by atoms with van der Waals surface area (Å²) in [5.41, 5.74) is -0.565. The molecule has 0 bridgehead atoms. The van der Waals surface area contributed by atoms with Gasteiger partial charge >= 0.3 is 12.1 Å². The van der Waals surface area contributed by atoms with Crippen molar-refractivity contribution in [3.05, 3.63) is 94.6 Å². The summed E-state index contributed by atoms with van der Waals surface area (Å²) in [5.74, 6) is -2.41. The molecular formula is C24H21F4NO4S. The number of carbonyl (C=O) groups is 1. The van der Waals surface area contributed by atoms with E-state index in [2.05, 4.69) is 6.58 Å². The summed E-state index contributed by atoms with van der Waals surface area (Å²) >= 11 is 0. The van der Waals surface area contributed by atoms with E-state index in [0.717, 1.165) is 21.8 Å². The van der Waals surface area contributed by atoms with E-state index in [-0.39, 0.29) is 39.5 Å². The Morgan fingerprint density at radius 2 is 1.71 bits per heavy atom. The average Bonchev–Trinajstić information content (AvgIpc) is 3.10. The Hall–Kier alpha value is -3.40. The predicted molar refractivity (Wildman–Crippen MR) is 118 cm³/mol. The number of hydrogen-bond donors (Lipinski definition) is 0. The third-order valence-corrected chi connectivity index (χ3v) is 6.89. The van der Waals surface area contributed by atoms with Gasteiger partial charge in [-0.25, -0.2) is 21.6 Å². The number of aryl methyl sites for hydroxylation is 1. The number of rotatable bonds is 6. The highest BCUT2D eigenvalue weighted by Crippen LogP contribution is 2.35. The number of carbonyl (C=O) groups excluding carboxylic acids is 1. The fourth-order valence-corrected chi connectivity index (χ4v) is 4.82. The monoisotopic (exact) mass is 495 g/mol. The van der Waals surface area contributed by atoms with Crippen molar-refractivity contribution in [2.75, 3.05) is 6.61 Å². The lowest BCUT2D eigenvalue weighted by Gasteiger charge is -2.11. The molecule has 0 amide bonds. The zero-order valence-electron chi connectivity index (χ0n) is 18.5. The van der Waals surface area contributed by atoms with Gasteiger partial charge in [-0.15, -0.1) is 0 Å². The molecule has 3 rings (SSSR count). The molecule has 5 nitrogen and oxygen atoms in total. The molecule has 0 fully saturated rings. The molecule has 3 aromatic rings. The molecule has 0 saturated carbocycles. The highest BCUT2D eigenvalue weighted by molar-refractivity contribution is 7.90. The van der Waals surface area contributed by atoms with Gasteiger partial charge in [0, 0.05) is 11.8 Å². The molecule has 0 unspecified atom stereocenters. The van der Waals surface area contributed by atoms with Crippen LogP contribution in [0, 0.1) is 19.7 Å². The number of nitrogens with zero attached hydrogens (tertiary/aromatic N) is 1. The lowest BCUT2D eigenvalue weighted by molar-refractivity contribution is -0.140. The molecule has 0 saturated heterocycles. The van der Waals surface area contributed by atoms with Crippen molar-refractivity contribution in [1.82, 2.24) is 3.97 Å². The number of esters is 1. The Morgan fingerprint density at radius 3 is 2.24 bits per heavy atom. The van der Waals surface area contributed by atoms with Gasteiger partial charge in [-0.05, 0) is 61.7 Å². The van der Waals surface area contributed by atoms with E-state index in [1.54, 1.807) is 26.0 Å². The van der Waals surface area contributed by atoms with Crippen LogP contribution in [-0.2, 0) is 20.9 Å². The smallest absolute Gasteiger partial charge is 0.419 e. The van der Waals surface area contributed by atoms with Crippen molar-refractivity contribution in [1.29, 1.82) is 0 Å². The first-order chi connectivity index (χ1) is 15.8. The molecule has 0 radical (unpaired) electrons. The molecule has 1 heterocycles. The van der Waals surface area contributed by atoms with Gasteiger partial charge in [-0.3, -0.25) is 0 Å². The van der Waals surface area contributed by atoms with Crippen LogP contribution in [0.5, 0.6) is 0 Å². The van der Waals surface area contributed by atoms with Gasteiger partial charge in [-0.2, -0.15) is 13.2 Å². The zero-order chi connectivity index (χ0) is 25.4. The van der Waals surface area contributed by atoms with Crippen LogP contribution in [0.2, 0.25) is 0 Å². The van der Waals surface area contributed by atoms with Crippen molar-refractivity contribution in [3.8, 4) is 0 Å². The number of halogens is 4. The quantitative estimate of drug-likeness (QED) is 0.323. The van der Waals surface area contributed by atoms with Crippen LogP contribution in [0.1, 0.15) is 45.2 Å².